The van der Waals surface area contributed by atoms with Crippen LogP contribution in [-0.2, 0) is 0 Å². The van der Waals surface area contributed by atoms with Gasteiger partial charge >= 0.3 is 0 Å². The molecule has 0 fully saturated rings. The number of benzene rings is 1. The summed E-state index contributed by atoms with van der Waals surface area (Å²) in [6.45, 7) is 0. The summed E-state index contributed by atoms with van der Waals surface area (Å²) in [5.41, 5.74) is 0. The molecule has 0 aliphatic carbocycles. The van der Waals surface area contributed by atoms with E-state index in [1.165, 1.54) is 4.90 Å². The normalized spacial score (nSPS) is 9.54. The molecular formula is C10H10BrNS. The van der Waals surface area contributed by atoms with Crippen LogP contribution in [0.5, 0.6) is 0 Å². The van der Waals surface area contributed by atoms with Crippen LogP contribution in [0.4, 0.5) is 0 Å². The maximum Gasteiger partial charge on any atom is 0.0622 e. The van der Waals surface area contributed by atoms with Crippen molar-refractivity contribution in [3.8, 4) is 6.07 Å². The van der Waals surface area contributed by atoms with Crippen molar-refractivity contribution in [2.45, 2.75) is 17.7 Å². The molecule has 0 saturated carbocycles. The minimum Gasteiger partial charge on any atom is -0.198 e. The fraction of sp³-hybridized carbons (Fsp3) is 0.300. The molecular weight excluding hydrogens is 246 g/mol. The minimum absolute atomic E-state index is 0.650. The zero-order valence-corrected chi connectivity index (χ0v) is 9.57. The molecule has 0 heterocycles. The van der Waals surface area contributed by atoms with Crippen LogP contribution in [0.3, 0.4) is 0 Å². The van der Waals surface area contributed by atoms with Crippen molar-refractivity contribution in [3.05, 3.63) is 28.7 Å². The average Bonchev–Trinajstić information content (AvgIpc) is 2.15. The Morgan fingerprint density at radius 2 is 2.15 bits per heavy atom. The van der Waals surface area contributed by atoms with Crippen LogP contribution < -0.4 is 0 Å². The first-order valence-corrected chi connectivity index (χ1v) is 5.86. The van der Waals surface area contributed by atoms with Crippen LogP contribution >= 0.6 is 27.7 Å². The van der Waals surface area contributed by atoms with Crippen molar-refractivity contribution in [1.29, 1.82) is 5.26 Å². The maximum absolute atomic E-state index is 8.35. The number of nitrogens with zero attached hydrogens (tertiary/aromatic N) is 1. The van der Waals surface area contributed by atoms with E-state index >= 15 is 0 Å². The molecule has 1 nitrogen and oxygen atoms in total. The molecule has 68 valence electrons. The number of hydrogen-bond donors (Lipinski definition) is 0. The number of thioether (sulfide) groups is 1. The highest BCUT2D eigenvalue weighted by Crippen LogP contribution is 2.27. The molecule has 0 saturated heterocycles. The van der Waals surface area contributed by atoms with Crippen LogP contribution in [0.2, 0.25) is 0 Å². The summed E-state index contributed by atoms with van der Waals surface area (Å²) in [6.07, 6.45) is 1.61. The zero-order valence-electron chi connectivity index (χ0n) is 7.16. The van der Waals surface area contributed by atoms with Gasteiger partial charge in [-0.2, -0.15) is 5.26 Å². The summed E-state index contributed by atoms with van der Waals surface area (Å²) in [4.78, 5) is 1.25. The zero-order chi connectivity index (χ0) is 9.52. The van der Waals surface area contributed by atoms with Gasteiger partial charge in [-0.15, -0.1) is 11.8 Å². The lowest BCUT2D eigenvalue weighted by Crippen LogP contribution is -1.79. The van der Waals surface area contributed by atoms with E-state index in [0.717, 1.165) is 16.6 Å². The third kappa shape index (κ3) is 3.84. The topological polar surface area (TPSA) is 23.8 Å². The van der Waals surface area contributed by atoms with Crippen LogP contribution in [0, 0.1) is 11.3 Å². The summed E-state index contributed by atoms with van der Waals surface area (Å²) in [5.74, 6) is 1.01. The Hall–Kier alpha value is -0.460. The number of nitriles is 1. The highest BCUT2D eigenvalue weighted by molar-refractivity contribution is 9.10. The number of hydrogen-bond acceptors (Lipinski definition) is 2. The van der Waals surface area contributed by atoms with Crippen LogP contribution in [0.1, 0.15) is 12.8 Å². The van der Waals surface area contributed by atoms with Crippen molar-refractivity contribution >= 4 is 27.7 Å². The Balaban J connectivity index is 2.37. The maximum atomic E-state index is 8.35. The van der Waals surface area contributed by atoms with Crippen molar-refractivity contribution < 1.29 is 0 Å². The van der Waals surface area contributed by atoms with Gasteiger partial charge in [-0.3, -0.25) is 0 Å². The highest BCUT2D eigenvalue weighted by Gasteiger charge is 1.97. The third-order valence-electron chi connectivity index (χ3n) is 1.53. The SMILES string of the molecule is N#CCCCSc1ccccc1Br. The molecule has 1 aromatic rings. The Morgan fingerprint density at radius 3 is 2.85 bits per heavy atom. The van der Waals surface area contributed by atoms with E-state index in [1.807, 2.05) is 18.2 Å². The average molecular weight is 256 g/mol. The van der Waals surface area contributed by atoms with Gasteiger partial charge in [0.25, 0.3) is 0 Å². The fourth-order valence-corrected chi connectivity index (χ4v) is 2.41. The van der Waals surface area contributed by atoms with E-state index in [1.54, 1.807) is 11.8 Å². The molecule has 1 rings (SSSR count). The van der Waals surface area contributed by atoms with E-state index in [4.69, 9.17) is 5.26 Å². The molecule has 0 radical (unpaired) electrons. The molecule has 0 aliphatic heterocycles. The Kier molecular flexibility index (Phi) is 4.95. The van der Waals surface area contributed by atoms with E-state index in [9.17, 15) is 0 Å². The van der Waals surface area contributed by atoms with Crippen LogP contribution in [0.25, 0.3) is 0 Å². The van der Waals surface area contributed by atoms with E-state index in [0.29, 0.717) is 6.42 Å². The van der Waals surface area contributed by atoms with Crippen molar-refractivity contribution in [2.75, 3.05) is 5.75 Å². The summed E-state index contributed by atoms with van der Waals surface area (Å²) >= 11 is 5.27. The monoisotopic (exact) mass is 255 g/mol. The Morgan fingerprint density at radius 1 is 1.38 bits per heavy atom. The first kappa shape index (κ1) is 10.6. The molecule has 3 heteroatoms. The lowest BCUT2D eigenvalue weighted by molar-refractivity contribution is 0.981. The van der Waals surface area contributed by atoms with Gasteiger partial charge in [0.1, 0.15) is 0 Å². The van der Waals surface area contributed by atoms with Gasteiger partial charge in [-0.05, 0) is 40.2 Å². The van der Waals surface area contributed by atoms with E-state index in [-0.39, 0.29) is 0 Å². The van der Waals surface area contributed by atoms with Gasteiger partial charge in [-0.1, -0.05) is 12.1 Å². The standard InChI is InChI=1S/C10H10BrNS/c11-9-5-1-2-6-10(9)13-8-4-3-7-12/h1-2,5-6H,3-4,8H2. The van der Waals surface area contributed by atoms with Gasteiger partial charge in [0.2, 0.25) is 0 Å². The molecule has 0 amide bonds. The van der Waals surface area contributed by atoms with Gasteiger partial charge in [0.15, 0.2) is 0 Å². The molecule has 0 N–H and O–H groups in total. The van der Waals surface area contributed by atoms with Gasteiger partial charge in [-0.25, -0.2) is 0 Å². The molecule has 1 aromatic carbocycles. The van der Waals surface area contributed by atoms with Crippen molar-refractivity contribution in [2.24, 2.45) is 0 Å². The number of halogens is 1. The Bertz CT molecular complexity index is 306. The largest absolute Gasteiger partial charge is 0.198 e. The summed E-state index contributed by atoms with van der Waals surface area (Å²) < 4.78 is 1.14. The molecule has 0 aliphatic rings. The second kappa shape index (κ2) is 6.06. The molecule has 13 heavy (non-hydrogen) atoms. The number of unbranched alkanes of at least 4 members (excludes halogenated alkanes) is 1. The first-order chi connectivity index (χ1) is 6.34. The second-order valence-electron chi connectivity index (χ2n) is 2.54. The van der Waals surface area contributed by atoms with Crippen molar-refractivity contribution in [1.82, 2.24) is 0 Å². The lowest BCUT2D eigenvalue weighted by atomic mass is 10.4. The highest BCUT2D eigenvalue weighted by atomic mass is 79.9. The fourth-order valence-electron chi connectivity index (χ4n) is 0.895. The van der Waals surface area contributed by atoms with E-state index in [2.05, 4.69) is 28.1 Å². The molecule has 0 aromatic heterocycles. The predicted molar refractivity (Wildman–Crippen MR) is 59.7 cm³/mol. The third-order valence-corrected chi connectivity index (χ3v) is 3.64. The van der Waals surface area contributed by atoms with Gasteiger partial charge < -0.3 is 0 Å². The summed E-state index contributed by atoms with van der Waals surface area (Å²) in [6, 6.07) is 10.3. The first-order valence-electron chi connectivity index (χ1n) is 4.09. The minimum atomic E-state index is 0.650. The van der Waals surface area contributed by atoms with Gasteiger partial charge in [0.05, 0.1) is 6.07 Å². The molecule has 0 bridgehead atoms. The summed E-state index contributed by atoms with van der Waals surface area (Å²) in [7, 11) is 0. The molecule has 0 unspecified atom stereocenters. The quantitative estimate of drug-likeness (QED) is 0.603. The smallest absolute Gasteiger partial charge is 0.0622 e. The number of rotatable bonds is 4. The molecule has 0 atom stereocenters. The summed E-state index contributed by atoms with van der Waals surface area (Å²) in [5, 5.41) is 8.35. The van der Waals surface area contributed by atoms with Crippen LogP contribution in [0.15, 0.2) is 33.6 Å². The van der Waals surface area contributed by atoms with Gasteiger partial charge in [0, 0.05) is 15.8 Å². The Labute approximate surface area is 91.3 Å². The van der Waals surface area contributed by atoms with Crippen molar-refractivity contribution in [3.63, 3.8) is 0 Å². The second-order valence-corrected chi connectivity index (χ2v) is 4.53. The predicted octanol–water partition coefficient (Wildman–Crippen LogP) is 3.84. The molecule has 0 spiro atoms. The van der Waals surface area contributed by atoms with Crippen LogP contribution in [-0.4, -0.2) is 5.75 Å². The lowest BCUT2D eigenvalue weighted by Gasteiger charge is -2.01. The van der Waals surface area contributed by atoms with E-state index < -0.39 is 0 Å².